The van der Waals surface area contributed by atoms with E-state index in [1.165, 1.54) is 16.7 Å². The lowest BCUT2D eigenvalue weighted by Crippen LogP contribution is -2.38. The number of ether oxygens (including phenoxy) is 1. The van der Waals surface area contributed by atoms with Gasteiger partial charge in [-0.3, -0.25) is 9.59 Å². The molecule has 27 heavy (non-hydrogen) atoms. The lowest BCUT2D eigenvalue weighted by Gasteiger charge is -2.13. The molecule has 1 aromatic rings. The first-order valence-electron chi connectivity index (χ1n) is 8.28. The van der Waals surface area contributed by atoms with E-state index in [9.17, 15) is 22.8 Å². The van der Waals surface area contributed by atoms with E-state index in [1.54, 1.807) is 38.4 Å². The predicted octanol–water partition coefficient (Wildman–Crippen LogP) is 0.327. The minimum Gasteiger partial charge on any atom is -0.452 e. The molecule has 0 spiro atoms. The number of benzene rings is 1. The highest BCUT2D eigenvalue weighted by molar-refractivity contribution is 8.02. The molecule has 1 N–H and O–H groups in total. The Labute approximate surface area is 162 Å². The predicted molar refractivity (Wildman–Crippen MR) is 101 cm³/mol. The zero-order valence-electron chi connectivity index (χ0n) is 15.1. The number of nitrogens with one attached hydrogen (secondary N) is 1. The van der Waals surface area contributed by atoms with Gasteiger partial charge in [0, 0.05) is 24.2 Å². The van der Waals surface area contributed by atoms with Gasteiger partial charge in [0.1, 0.15) is 0 Å². The second-order valence-corrected chi connectivity index (χ2v) is 9.85. The van der Waals surface area contributed by atoms with Gasteiger partial charge in [0.25, 0.3) is 5.91 Å². The van der Waals surface area contributed by atoms with Gasteiger partial charge in [-0.25, -0.2) is 13.2 Å². The highest BCUT2D eigenvalue weighted by Gasteiger charge is 2.29. The maximum absolute atomic E-state index is 12.3. The summed E-state index contributed by atoms with van der Waals surface area (Å²) < 4.78 is 28.2. The summed E-state index contributed by atoms with van der Waals surface area (Å²) >= 11 is 1.33. The molecule has 0 aliphatic carbocycles. The number of rotatable bonds is 7. The fraction of sp³-hybridized carbons (Fsp3) is 0.471. The van der Waals surface area contributed by atoms with Crippen LogP contribution in [0, 0.1) is 0 Å². The molecule has 1 heterocycles. The van der Waals surface area contributed by atoms with Crippen molar-refractivity contribution in [2.24, 2.45) is 0 Å². The van der Waals surface area contributed by atoms with E-state index < -0.39 is 28.3 Å². The van der Waals surface area contributed by atoms with E-state index in [-0.39, 0.29) is 34.8 Å². The van der Waals surface area contributed by atoms with Crippen LogP contribution in [0.15, 0.2) is 29.2 Å². The van der Waals surface area contributed by atoms with Gasteiger partial charge in [-0.1, -0.05) is 12.1 Å². The first-order chi connectivity index (χ1) is 12.7. The molecule has 8 nitrogen and oxygen atoms in total. The van der Waals surface area contributed by atoms with Crippen LogP contribution >= 0.6 is 11.8 Å². The average Bonchev–Trinajstić information content (AvgIpc) is 2.96. The second kappa shape index (κ2) is 9.23. The van der Waals surface area contributed by atoms with Crippen molar-refractivity contribution in [1.82, 2.24) is 10.2 Å². The molecule has 0 saturated carbocycles. The fourth-order valence-electron chi connectivity index (χ4n) is 2.36. The molecule has 2 rings (SSSR count). The highest BCUT2D eigenvalue weighted by Crippen LogP contribution is 2.33. The lowest BCUT2D eigenvalue weighted by molar-refractivity contribution is -0.131. The molecule has 1 fully saturated rings. The fourth-order valence-corrected chi connectivity index (χ4v) is 5.98. The Hall–Kier alpha value is -2.07. The molecule has 1 aromatic carbocycles. The van der Waals surface area contributed by atoms with Crippen LogP contribution in [0.1, 0.15) is 16.8 Å². The highest BCUT2D eigenvalue weighted by atomic mass is 32.2. The Morgan fingerprint density at radius 2 is 1.96 bits per heavy atom. The average molecular weight is 415 g/mol. The number of esters is 1. The Balaban J connectivity index is 1.91. The summed E-state index contributed by atoms with van der Waals surface area (Å²) in [7, 11) is 0.126. The molecular weight excluding hydrogens is 392 g/mol. The lowest BCUT2D eigenvalue weighted by atomic mass is 10.2. The molecule has 0 aromatic heterocycles. The Kier molecular flexibility index (Phi) is 7.25. The molecular formula is C17H22N2O6S2. The summed E-state index contributed by atoms with van der Waals surface area (Å²) in [5, 5.41) is 2.27. The van der Waals surface area contributed by atoms with Crippen molar-refractivity contribution in [3.8, 4) is 0 Å². The molecule has 1 saturated heterocycles. The maximum atomic E-state index is 12.3. The van der Waals surface area contributed by atoms with E-state index in [2.05, 4.69) is 5.32 Å². The molecule has 10 heteroatoms. The van der Waals surface area contributed by atoms with Crippen LogP contribution in [0.5, 0.6) is 0 Å². The third-order valence-corrected chi connectivity index (χ3v) is 7.19. The Morgan fingerprint density at radius 3 is 2.59 bits per heavy atom. The van der Waals surface area contributed by atoms with Crippen LogP contribution in [-0.2, 0) is 24.2 Å². The van der Waals surface area contributed by atoms with Crippen LogP contribution in [0.25, 0.3) is 0 Å². The minimum atomic E-state index is -3.01. The Bertz CT molecular complexity index is 822. The van der Waals surface area contributed by atoms with E-state index >= 15 is 0 Å². The number of hydrogen-bond acceptors (Lipinski definition) is 7. The minimum absolute atomic E-state index is 0.0867. The summed E-state index contributed by atoms with van der Waals surface area (Å²) in [6, 6.07) is 6.72. The molecule has 1 aliphatic heterocycles. The number of carbonyl (C=O) groups excluding carboxylic acids is 3. The zero-order valence-corrected chi connectivity index (χ0v) is 16.8. The number of nitrogens with zero attached hydrogens (tertiary/aromatic N) is 1. The summed E-state index contributed by atoms with van der Waals surface area (Å²) in [5.41, 5.74) is 0.281. The summed E-state index contributed by atoms with van der Waals surface area (Å²) in [5.74, 6) is -1.28. The van der Waals surface area contributed by atoms with Crippen molar-refractivity contribution in [3.63, 3.8) is 0 Å². The third-order valence-electron chi connectivity index (χ3n) is 3.86. The van der Waals surface area contributed by atoms with Gasteiger partial charge in [-0.2, -0.15) is 0 Å². The quantitative estimate of drug-likeness (QED) is 0.640. The van der Waals surface area contributed by atoms with Crippen molar-refractivity contribution >= 4 is 39.4 Å². The largest absolute Gasteiger partial charge is 0.452 e. The van der Waals surface area contributed by atoms with Gasteiger partial charge >= 0.3 is 5.97 Å². The van der Waals surface area contributed by atoms with Crippen LogP contribution in [0.3, 0.4) is 0 Å². The smallest absolute Gasteiger partial charge is 0.339 e. The number of amides is 2. The number of sulfone groups is 1. The Morgan fingerprint density at radius 1 is 1.26 bits per heavy atom. The van der Waals surface area contributed by atoms with Crippen molar-refractivity contribution in [2.75, 3.05) is 38.8 Å². The van der Waals surface area contributed by atoms with Gasteiger partial charge in [0.05, 0.1) is 23.6 Å². The van der Waals surface area contributed by atoms with Gasteiger partial charge in [0.2, 0.25) is 5.91 Å². The van der Waals surface area contributed by atoms with Gasteiger partial charge in [0.15, 0.2) is 16.4 Å². The molecule has 0 bridgehead atoms. The van der Waals surface area contributed by atoms with Crippen LogP contribution < -0.4 is 5.32 Å². The van der Waals surface area contributed by atoms with E-state index in [4.69, 9.17) is 4.74 Å². The molecule has 1 aliphatic rings. The number of thioether (sulfide) groups is 1. The molecule has 0 radical (unpaired) electrons. The van der Waals surface area contributed by atoms with Gasteiger partial charge in [-0.05, 0) is 18.6 Å². The van der Waals surface area contributed by atoms with Crippen molar-refractivity contribution in [1.29, 1.82) is 0 Å². The van der Waals surface area contributed by atoms with E-state index in [1.807, 2.05) is 0 Å². The first kappa shape index (κ1) is 21.2. The van der Waals surface area contributed by atoms with Gasteiger partial charge < -0.3 is 15.0 Å². The zero-order chi connectivity index (χ0) is 20.0. The third kappa shape index (κ3) is 6.55. The number of likely N-dealkylation sites (N-methyl/N-ethyl adjacent to an activating group) is 1. The van der Waals surface area contributed by atoms with Crippen LogP contribution in [0.4, 0.5) is 0 Å². The summed E-state index contributed by atoms with van der Waals surface area (Å²) in [4.78, 5) is 37.4. The number of carbonyl (C=O) groups is 3. The number of hydrogen-bond donors (Lipinski definition) is 1. The monoisotopic (exact) mass is 414 g/mol. The van der Waals surface area contributed by atoms with E-state index in [0.29, 0.717) is 11.3 Å². The van der Waals surface area contributed by atoms with Gasteiger partial charge in [-0.15, -0.1) is 11.8 Å². The maximum Gasteiger partial charge on any atom is 0.339 e. The first-order valence-corrected chi connectivity index (χ1v) is 11.0. The molecule has 1 atom stereocenters. The topological polar surface area (TPSA) is 110 Å². The summed E-state index contributed by atoms with van der Waals surface area (Å²) in [6.07, 6.45) is 0.540. The van der Waals surface area contributed by atoms with Crippen LogP contribution in [-0.4, -0.2) is 75.1 Å². The van der Waals surface area contributed by atoms with E-state index in [0.717, 1.165) is 0 Å². The standard InChI is InChI=1S/C17H22N2O6S2/c1-19(2)16(21)9-18-15(20)10-25-17(22)13-5-3-4-6-14(13)26-12-7-8-27(23,24)11-12/h3-6,12H,7-11H2,1-2H3,(H,18,20)/t12-/m1/s1. The summed E-state index contributed by atoms with van der Waals surface area (Å²) in [6.45, 7) is -0.678. The van der Waals surface area contributed by atoms with Crippen molar-refractivity contribution in [3.05, 3.63) is 29.8 Å². The van der Waals surface area contributed by atoms with Crippen molar-refractivity contribution < 1.29 is 27.5 Å². The normalized spacial score (nSPS) is 17.9. The SMILES string of the molecule is CN(C)C(=O)CNC(=O)COC(=O)c1ccccc1S[C@@H]1CCS(=O)(=O)C1. The molecule has 2 amide bonds. The van der Waals surface area contributed by atoms with Crippen LogP contribution in [0.2, 0.25) is 0 Å². The van der Waals surface area contributed by atoms with Crippen molar-refractivity contribution in [2.45, 2.75) is 16.6 Å². The molecule has 148 valence electrons. The molecule has 0 unspecified atom stereocenters. The second-order valence-electron chi connectivity index (χ2n) is 6.28.